The average Bonchev–Trinajstić information content (AvgIpc) is 2.54. The van der Waals surface area contributed by atoms with Crippen LogP contribution in [0.2, 0.25) is 0 Å². The zero-order valence-corrected chi connectivity index (χ0v) is 18.1. The number of guanidine groups is 1. The van der Waals surface area contributed by atoms with E-state index in [9.17, 15) is 4.79 Å². The molecular weight excluding hydrogens is 354 g/mol. The Labute approximate surface area is 169 Å². The van der Waals surface area contributed by atoms with Crippen LogP contribution in [-0.4, -0.2) is 67.2 Å². The Hall–Kier alpha value is -2.28. The van der Waals surface area contributed by atoms with E-state index in [-0.39, 0.29) is 12.1 Å². The fraction of sp³-hybridized carbons (Fsp3) is 0.619. The van der Waals surface area contributed by atoms with E-state index in [1.165, 1.54) is 11.1 Å². The molecule has 0 saturated carbocycles. The molecule has 0 unspecified atom stereocenters. The van der Waals surface area contributed by atoms with Crippen molar-refractivity contribution in [1.82, 2.24) is 20.4 Å². The van der Waals surface area contributed by atoms with Gasteiger partial charge in [0.2, 0.25) is 0 Å². The van der Waals surface area contributed by atoms with E-state index in [0.29, 0.717) is 19.6 Å². The fourth-order valence-corrected chi connectivity index (χ4v) is 2.84. The van der Waals surface area contributed by atoms with Gasteiger partial charge in [0.25, 0.3) is 0 Å². The zero-order valence-electron chi connectivity index (χ0n) is 18.1. The minimum Gasteiger partial charge on any atom is -0.444 e. The average molecular weight is 390 g/mol. The number of aliphatic imine (C=N–C) groups is 1. The lowest BCUT2D eigenvalue weighted by Gasteiger charge is -2.40. The van der Waals surface area contributed by atoms with Crippen LogP contribution in [0.3, 0.4) is 0 Å². The molecule has 0 spiro atoms. The summed E-state index contributed by atoms with van der Waals surface area (Å²) in [6.45, 7) is 11.3. The second kappa shape index (κ2) is 9.78. The number of hydrogen-bond donors (Lipinski definition) is 2. The van der Waals surface area contributed by atoms with Gasteiger partial charge in [-0.1, -0.05) is 24.3 Å². The quantitative estimate of drug-likeness (QED) is 0.578. The van der Waals surface area contributed by atoms with Crippen LogP contribution in [-0.2, 0) is 17.8 Å². The van der Waals surface area contributed by atoms with Crippen molar-refractivity contribution < 1.29 is 9.53 Å². The van der Waals surface area contributed by atoms with E-state index in [1.54, 1.807) is 4.90 Å². The van der Waals surface area contributed by atoms with Crippen molar-refractivity contribution in [3.8, 4) is 0 Å². The molecule has 0 radical (unpaired) electrons. The van der Waals surface area contributed by atoms with Crippen molar-refractivity contribution in [1.29, 1.82) is 0 Å². The molecule has 1 fully saturated rings. The Kier molecular flexibility index (Phi) is 7.69. The highest BCUT2D eigenvalue weighted by molar-refractivity contribution is 5.80. The highest BCUT2D eigenvalue weighted by atomic mass is 16.6. The molecule has 7 heteroatoms. The molecule has 7 nitrogen and oxygen atoms in total. The van der Waals surface area contributed by atoms with Gasteiger partial charge in [0, 0.05) is 26.2 Å². The highest BCUT2D eigenvalue weighted by Crippen LogP contribution is 2.15. The number of likely N-dealkylation sites (tertiary alicyclic amines) is 1. The third-order valence-corrected chi connectivity index (χ3v) is 4.16. The molecule has 0 bridgehead atoms. The maximum atomic E-state index is 12.0. The molecule has 1 aromatic carbocycles. The predicted octanol–water partition coefficient (Wildman–Crippen LogP) is 2.42. The molecular formula is C21H35N5O2. The largest absolute Gasteiger partial charge is 0.444 e. The van der Waals surface area contributed by atoms with E-state index >= 15 is 0 Å². The molecule has 1 aromatic rings. The summed E-state index contributed by atoms with van der Waals surface area (Å²) in [4.78, 5) is 20.6. The molecule has 28 heavy (non-hydrogen) atoms. The van der Waals surface area contributed by atoms with Crippen LogP contribution in [0.15, 0.2) is 29.3 Å². The van der Waals surface area contributed by atoms with Crippen LogP contribution in [0.25, 0.3) is 0 Å². The normalized spacial score (nSPS) is 15.4. The number of nitrogens with one attached hydrogen (secondary N) is 2. The zero-order chi connectivity index (χ0) is 20.7. The van der Waals surface area contributed by atoms with Gasteiger partial charge in [-0.25, -0.2) is 9.79 Å². The Morgan fingerprint density at radius 1 is 1.21 bits per heavy atom. The molecule has 2 rings (SSSR count). The van der Waals surface area contributed by atoms with Gasteiger partial charge in [0.1, 0.15) is 5.60 Å². The number of rotatable bonds is 6. The second-order valence-corrected chi connectivity index (χ2v) is 8.48. The molecule has 0 aromatic heterocycles. The molecule has 2 N–H and O–H groups in total. The van der Waals surface area contributed by atoms with Crippen molar-refractivity contribution in [2.45, 2.75) is 52.4 Å². The maximum absolute atomic E-state index is 12.0. The summed E-state index contributed by atoms with van der Waals surface area (Å²) >= 11 is 0. The van der Waals surface area contributed by atoms with Crippen molar-refractivity contribution >= 4 is 12.1 Å². The van der Waals surface area contributed by atoms with Gasteiger partial charge in [0.15, 0.2) is 5.96 Å². The summed E-state index contributed by atoms with van der Waals surface area (Å²) in [6, 6.07) is 8.73. The monoisotopic (exact) mass is 389 g/mol. The van der Waals surface area contributed by atoms with Crippen LogP contribution in [0.5, 0.6) is 0 Å². The van der Waals surface area contributed by atoms with Gasteiger partial charge >= 0.3 is 6.09 Å². The number of amides is 1. The standard InChI is InChI=1S/C21H35N5O2/c1-7-22-19(23-12-16-8-10-17(11-9-16)13-25(5)6)24-18-14-26(15-18)20(27)28-21(2,3)4/h8-11,18H,7,12-15H2,1-6H3,(H2,22,23,24). The molecule has 1 aliphatic rings. The Morgan fingerprint density at radius 3 is 2.36 bits per heavy atom. The smallest absolute Gasteiger partial charge is 0.410 e. The number of carbonyl (C=O) groups excluding carboxylic acids is 1. The topological polar surface area (TPSA) is 69.2 Å². The first-order valence-electron chi connectivity index (χ1n) is 9.91. The van der Waals surface area contributed by atoms with Gasteiger partial charge in [-0.2, -0.15) is 0 Å². The molecule has 1 heterocycles. The van der Waals surface area contributed by atoms with Gasteiger partial charge in [-0.05, 0) is 52.9 Å². The number of carbonyl (C=O) groups is 1. The van der Waals surface area contributed by atoms with Crippen LogP contribution < -0.4 is 10.6 Å². The number of benzene rings is 1. The lowest BCUT2D eigenvalue weighted by molar-refractivity contribution is 0.00701. The van der Waals surface area contributed by atoms with Crippen molar-refractivity contribution in [3.63, 3.8) is 0 Å². The molecule has 1 amide bonds. The summed E-state index contributed by atoms with van der Waals surface area (Å²) in [6.07, 6.45) is -0.259. The lowest BCUT2D eigenvalue weighted by atomic mass is 10.1. The SMILES string of the molecule is CCNC(=NCc1ccc(CN(C)C)cc1)NC1CN(C(=O)OC(C)(C)C)C1. The molecule has 1 aliphatic heterocycles. The lowest BCUT2D eigenvalue weighted by Crippen LogP contribution is -2.63. The van der Waals surface area contributed by atoms with Crippen LogP contribution in [0.1, 0.15) is 38.8 Å². The van der Waals surface area contributed by atoms with E-state index in [0.717, 1.165) is 19.0 Å². The Morgan fingerprint density at radius 2 is 1.82 bits per heavy atom. The van der Waals surface area contributed by atoms with E-state index in [2.05, 4.69) is 58.9 Å². The number of nitrogens with zero attached hydrogens (tertiary/aromatic N) is 3. The maximum Gasteiger partial charge on any atom is 0.410 e. The number of hydrogen-bond acceptors (Lipinski definition) is 4. The van der Waals surface area contributed by atoms with E-state index in [1.807, 2.05) is 27.7 Å². The molecule has 0 aliphatic carbocycles. The number of ether oxygens (including phenoxy) is 1. The minimum atomic E-state index is -0.464. The Balaban J connectivity index is 1.84. The van der Waals surface area contributed by atoms with Crippen LogP contribution in [0, 0.1) is 0 Å². The minimum absolute atomic E-state index is 0.188. The summed E-state index contributed by atoms with van der Waals surface area (Å²) in [5.74, 6) is 0.772. The van der Waals surface area contributed by atoms with Crippen molar-refractivity contribution in [3.05, 3.63) is 35.4 Å². The predicted molar refractivity (Wildman–Crippen MR) is 113 cm³/mol. The van der Waals surface area contributed by atoms with Crippen molar-refractivity contribution in [2.24, 2.45) is 4.99 Å². The third kappa shape index (κ3) is 7.38. The van der Waals surface area contributed by atoms with Gasteiger partial charge < -0.3 is 25.2 Å². The Bertz CT molecular complexity index is 658. The highest BCUT2D eigenvalue weighted by Gasteiger charge is 2.34. The molecule has 156 valence electrons. The van der Waals surface area contributed by atoms with Gasteiger partial charge in [-0.3, -0.25) is 0 Å². The van der Waals surface area contributed by atoms with E-state index in [4.69, 9.17) is 4.74 Å². The summed E-state index contributed by atoms with van der Waals surface area (Å²) in [5.41, 5.74) is 2.00. The van der Waals surface area contributed by atoms with E-state index < -0.39 is 5.60 Å². The third-order valence-electron chi connectivity index (χ3n) is 4.16. The first-order chi connectivity index (χ1) is 13.2. The van der Waals surface area contributed by atoms with Gasteiger partial charge in [0.05, 0.1) is 12.6 Å². The summed E-state index contributed by atoms with van der Waals surface area (Å²) in [7, 11) is 4.13. The molecule has 1 saturated heterocycles. The summed E-state index contributed by atoms with van der Waals surface area (Å²) < 4.78 is 5.39. The van der Waals surface area contributed by atoms with Crippen molar-refractivity contribution in [2.75, 3.05) is 33.7 Å². The second-order valence-electron chi connectivity index (χ2n) is 8.48. The van der Waals surface area contributed by atoms with Gasteiger partial charge in [-0.15, -0.1) is 0 Å². The van der Waals surface area contributed by atoms with Crippen LogP contribution in [0.4, 0.5) is 4.79 Å². The first kappa shape index (κ1) is 22.0. The first-order valence-corrected chi connectivity index (χ1v) is 9.91. The summed E-state index contributed by atoms with van der Waals surface area (Å²) in [5, 5.41) is 6.66. The fourth-order valence-electron chi connectivity index (χ4n) is 2.84. The van der Waals surface area contributed by atoms with Crippen LogP contribution >= 0.6 is 0 Å². The molecule has 0 atom stereocenters.